The minimum atomic E-state index is -1.01. The molecule has 2 saturated carbocycles. The van der Waals surface area contributed by atoms with Crippen LogP contribution in [0.25, 0.3) is 0 Å². The Balaban J connectivity index is 0.000000212. The van der Waals surface area contributed by atoms with E-state index in [-0.39, 0.29) is 16.5 Å². The first-order valence-electron chi connectivity index (χ1n) is 12.3. The molecule has 0 aliphatic heterocycles. The first kappa shape index (κ1) is 29.6. The van der Waals surface area contributed by atoms with Gasteiger partial charge in [-0.15, -0.1) is 22.7 Å². The fraction of sp³-hybridized carbons (Fsp3) is 0.538. The highest BCUT2D eigenvalue weighted by Crippen LogP contribution is 2.35. The number of aryl methyl sites for hydroxylation is 1. The summed E-state index contributed by atoms with van der Waals surface area (Å²) in [6.45, 7) is 0. The lowest BCUT2D eigenvalue weighted by Gasteiger charge is -2.21. The topological polar surface area (TPSA) is 162 Å². The summed E-state index contributed by atoms with van der Waals surface area (Å²) in [5.41, 5.74) is 4.42. The number of aliphatic hydroxyl groups is 2. The molecular weight excluding hydrogens is 532 g/mol. The molecule has 0 unspecified atom stereocenters. The predicted molar refractivity (Wildman–Crippen MR) is 144 cm³/mol. The zero-order chi connectivity index (χ0) is 27.9. The van der Waals surface area contributed by atoms with Crippen molar-refractivity contribution in [2.75, 3.05) is 20.0 Å². The van der Waals surface area contributed by atoms with Crippen molar-refractivity contribution in [3.8, 4) is 11.8 Å². The van der Waals surface area contributed by atoms with Crippen LogP contribution in [0.4, 0.5) is 11.4 Å². The number of nitrogens with two attached hydrogens (primary N) is 1. The number of esters is 2. The van der Waals surface area contributed by atoms with Gasteiger partial charge in [-0.05, 0) is 57.4 Å². The molecule has 10 nitrogen and oxygen atoms in total. The van der Waals surface area contributed by atoms with Crippen LogP contribution in [0.5, 0.6) is 0 Å². The van der Waals surface area contributed by atoms with Gasteiger partial charge in [0.1, 0.15) is 10.5 Å². The maximum atomic E-state index is 11.5. The lowest BCUT2D eigenvalue weighted by atomic mass is 9.96. The Morgan fingerprint density at radius 2 is 1.61 bits per heavy atom. The van der Waals surface area contributed by atoms with Crippen LogP contribution in [0.15, 0.2) is 12.1 Å². The van der Waals surface area contributed by atoms with Crippen molar-refractivity contribution in [2.24, 2.45) is 0 Å². The third-order valence-corrected chi connectivity index (χ3v) is 8.89. The number of anilines is 1. The first-order valence-corrected chi connectivity index (χ1v) is 13.9. The molecular formula is C26H32N2O8S2. The van der Waals surface area contributed by atoms with Gasteiger partial charge in [-0.3, -0.25) is 10.1 Å². The summed E-state index contributed by atoms with van der Waals surface area (Å²) in [6, 6.07) is 3.05. The van der Waals surface area contributed by atoms with Crippen LogP contribution in [-0.2, 0) is 15.9 Å². The fourth-order valence-corrected chi connectivity index (χ4v) is 6.45. The molecule has 2 aliphatic rings. The van der Waals surface area contributed by atoms with Crippen molar-refractivity contribution in [1.29, 1.82) is 0 Å². The Morgan fingerprint density at radius 3 is 2.18 bits per heavy atom. The number of carbonyl (C=O) groups is 2. The number of ether oxygens (including phenoxy) is 2. The largest absolute Gasteiger partial charge is 0.465 e. The Kier molecular flexibility index (Phi) is 9.89. The minimum absolute atomic E-state index is 0.0831. The molecule has 0 amide bonds. The number of rotatable bonds is 6. The van der Waals surface area contributed by atoms with E-state index in [1.54, 1.807) is 0 Å². The van der Waals surface area contributed by atoms with Gasteiger partial charge < -0.3 is 25.4 Å². The van der Waals surface area contributed by atoms with E-state index in [0.29, 0.717) is 28.3 Å². The maximum Gasteiger partial charge on any atom is 0.355 e. The van der Waals surface area contributed by atoms with E-state index in [9.17, 15) is 29.9 Å². The molecule has 4 rings (SSSR count). The number of hydrogen-bond donors (Lipinski definition) is 3. The highest BCUT2D eigenvalue weighted by molar-refractivity contribution is 7.15. The van der Waals surface area contributed by atoms with Crippen molar-refractivity contribution >= 4 is 46.0 Å². The lowest BCUT2D eigenvalue weighted by molar-refractivity contribution is -0.384. The molecule has 4 N–H and O–H groups in total. The van der Waals surface area contributed by atoms with Gasteiger partial charge in [0.05, 0.1) is 35.3 Å². The second-order valence-corrected chi connectivity index (χ2v) is 11.7. The number of hydrogen-bond acceptors (Lipinski definition) is 11. The normalized spacial score (nSPS) is 17.1. The van der Waals surface area contributed by atoms with Crippen molar-refractivity contribution < 1.29 is 34.2 Å². The number of methoxy groups -OCH3 is 2. The highest BCUT2D eigenvalue weighted by atomic mass is 32.1. The summed E-state index contributed by atoms with van der Waals surface area (Å²) in [6.07, 6.45) is 8.55. The summed E-state index contributed by atoms with van der Waals surface area (Å²) >= 11 is 2.27. The zero-order valence-electron chi connectivity index (χ0n) is 21.4. The van der Waals surface area contributed by atoms with Gasteiger partial charge in [0, 0.05) is 10.9 Å². The molecule has 2 fully saturated rings. The van der Waals surface area contributed by atoms with Crippen LogP contribution in [0.3, 0.4) is 0 Å². The van der Waals surface area contributed by atoms with E-state index in [1.165, 1.54) is 31.6 Å². The molecule has 2 aliphatic carbocycles. The van der Waals surface area contributed by atoms with Gasteiger partial charge in [-0.2, -0.15) is 0 Å². The van der Waals surface area contributed by atoms with Crippen molar-refractivity contribution in [1.82, 2.24) is 0 Å². The van der Waals surface area contributed by atoms with Gasteiger partial charge in [-0.1, -0.05) is 24.7 Å². The summed E-state index contributed by atoms with van der Waals surface area (Å²) in [5.74, 6) is 4.34. The van der Waals surface area contributed by atoms with Crippen LogP contribution in [0.1, 0.15) is 86.9 Å². The number of carbonyl (C=O) groups excluding carboxylic acids is 2. The monoisotopic (exact) mass is 564 g/mol. The fourth-order valence-electron chi connectivity index (χ4n) is 4.55. The van der Waals surface area contributed by atoms with Crippen LogP contribution >= 0.6 is 22.7 Å². The molecule has 0 bridgehead atoms. The van der Waals surface area contributed by atoms with Crippen LogP contribution in [0, 0.1) is 22.0 Å². The van der Waals surface area contributed by atoms with Gasteiger partial charge in [-0.25, -0.2) is 9.59 Å². The lowest BCUT2D eigenvalue weighted by Crippen LogP contribution is -2.24. The second kappa shape index (κ2) is 12.7. The number of nitro groups is 1. The van der Waals surface area contributed by atoms with E-state index in [1.807, 2.05) is 6.07 Å². The molecule has 2 aromatic heterocycles. The molecule has 2 heterocycles. The molecule has 0 radical (unpaired) electrons. The van der Waals surface area contributed by atoms with Crippen LogP contribution in [-0.4, -0.2) is 52.5 Å². The Labute approximate surface area is 228 Å². The second-order valence-electron chi connectivity index (χ2n) is 9.48. The standard InChI is InChI=1S/C13H13NO5S.C13H19NO3S/c1-19-12(15)11-10(14(17)18)8-9(20-11)4-7-13(16)5-2-3-6-13;1-17-12(15)11-10(14)8-9(18-11)4-7-13(16)5-2-3-6-13/h8,16H,2-3,5-6H2,1H3;8,16H,2-7,14H2,1H3. The van der Waals surface area contributed by atoms with Crippen molar-refractivity contribution in [2.45, 2.75) is 75.4 Å². The summed E-state index contributed by atoms with van der Waals surface area (Å²) in [5, 5.41) is 31.3. The van der Waals surface area contributed by atoms with Crippen LogP contribution in [0.2, 0.25) is 0 Å². The van der Waals surface area contributed by atoms with Crippen molar-refractivity contribution in [3.05, 3.63) is 41.8 Å². The summed E-state index contributed by atoms with van der Waals surface area (Å²) in [4.78, 5) is 34.9. The van der Waals surface area contributed by atoms with Crippen molar-refractivity contribution in [3.63, 3.8) is 0 Å². The zero-order valence-corrected chi connectivity index (χ0v) is 23.0. The number of nitrogens with zero attached hydrogens (tertiary/aromatic N) is 1. The van der Waals surface area contributed by atoms with Crippen LogP contribution < -0.4 is 5.73 Å². The Morgan fingerprint density at radius 1 is 1.03 bits per heavy atom. The smallest absolute Gasteiger partial charge is 0.355 e. The maximum absolute atomic E-state index is 11.5. The molecule has 2 aromatic rings. The van der Waals surface area contributed by atoms with E-state index in [0.717, 1.165) is 67.6 Å². The first-order chi connectivity index (χ1) is 18.0. The van der Waals surface area contributed by atoms with Gasteiger partial charge in [0.25, 0.3) is 5.69 Å². The molecule has 12 heteroatoms. The molecule has 206 valence electrons. The molecule has 0 aromatic carbocycles. The van der Waals surface area contributed by atoms with Gasteiger partial charge >= 0.3 is 11.9 Å². The number of nitrogen functional groups attached to an aromatic ring is 1. The third kappa shape index (κ3) is 7.54. The molecule has 0 spiro atoms. The highest BCUT2D eigenvalue weighted by Gasteiger charge is 2.31. The quantitative estimate of drug-likeness (QED) is 0.199. The molecule has 0 saturated heterocycles. The minimum Gasteiger partial charge on any atom is -0.465 e. The van der Waals surface area contributed by atoms with Gasteiger partial charge in [0.2, 0.25) is 0 Å². The van der Waals surface area contributed by atoms with Gasteiger partial charge in [0.15, 0.2) is 4.88 Å². The summed E-state index contributed by atoms with van der Waals surface area (Å²) < 4.78 is 9.18. The number of thiophene rings is 2. The predicted octanol–water partition coefficient (Wildman–Crippen LogP) is 4.45. The summed E-state index contributed by atoms with van der Waals surface area (Å²) in [7, 11) is 2.51. The third-order valence-electron chi connectivity index (χ3n) is 6.68. The Bertz CT molecular complexity index is 1230. The molecule has 38 heavy (non-hydrogen) atoms. The van der Waals surface area contributed by atoms with E-state index in [4.69, 9.17) is 5.73 Å². The van der Waals surface area contributed by atoms with E-state index < -0.39 is 22.1 Å². The SMILES string of the molecule is COC(=O)c1sc(C#CC2(O)CCCC2)cc1[N+](=O)[O-].COC(=O)c1sc(CCC2(O)CCCC2)cc1N. The van der Waals surface area contributed by atoms with E-state index >= 15 is 0 Å². The molecule has 0 atom stereocenters. The van der Waals surface area contributed by atoms with E-state index in [2.05, 4.69) is 21.3 Å². The average molecular weight is 565 g/mol. The average Bonchev–Trinajstić information content (AvgIpc) is 3.69. The Hall–Kier alpha value is -2.98.